The number of halogens is 4. The van der Waals surface area contributed by atoms with Crippen LogP contribution in [0.15, 0.2) is 61.2 Å². The molecule has 1 aromatic heterocycles. The third-order valence-electron chi connectivity index (χ3n) is 9.43. The van der Waals surface area contributed by atoms with Crippen LogP contribution in [0.4, 0.5) is 30.8 Å². The minimum Gasteiger partial charge on any atom is -0.454 e. The lowest BCUT2D eigenvalue weighted by Crippen LogP contribution is -2.56. The maximum absolute atomic E-state index is 13.3. The normalized spacial score (nSPS) is 20.2. The summed E-state index contributed by atoms with van der Waals surface area (Å²) in [5.74, 6) is -2.51. The molecule has 288 valence electrons. The van der Waals surface area contributed by atoms with Crippen molar-refractivity contribution in [1.82, 2.24) is 30.3 Å². The first kappa shape index (κ1) is 38.7. The Morgan fingerprint density at radius 2 is 1.65 bits per heavy atom. The zero-order chi connectivity index (χ0) is 39.1. The Hall–Kier alpha value is -4.97. The molecule has 0 aliphatic heterocycles. The van der Waals surface area contributed by atoms with Gasteiger partial charge < -0.3 is 26.0 Å². The maximum atomic E-state index is 13.3. The highest BCUT2D eigenvalue weighted by Gasteiger charge is 2.61. The summed E-state index contributed by atoms with van der Waals surface area (Å²) in [4.78, 5) is 51.8. The second-order valence-corrected chi connectivity index (χ2v) is 16.7. The number of aromatic nitrogens is 3. The molecular weight excluding hydrogens is 753 g/mol. The zero-order valence-corrected chi connectivity index (χ0v) is 30.8. The van der Waals surface area contributed by atoms with Crippen molar-refractivity contribution >= 4 is 56.9 Å². The number of hydrogen-bond acceptors (Lipinski definition) is 11. The van der Waals surface area contributed by atoms with Crippen LogP contribution in [0.25, 0.3) is 0 Å². The second kappa shape index (κ2) is 14.4. The van der Waals surface area contributed by atoms with E-state index in [0.29, 0.717) is 36.4 Å². The molecule has 3 aliphatic carbocycles. The molecule has 0 spiro atoms. The summed E-state index contributed by atoms with van der Waals surface area (Å²) in [7, 11) is -3.84. The van der Waals surface area contributed by atoms with E-state index in [1.54, 1.807) is 26.0 Å². The number of ether oxygens (including phenoxy) is 1. The molecule has 2 atom stereocenters. The maximum Gasteiger partial charge on any atom is 0.422 e. The standard InChI is InChI=1S/C35H38ClF3N8O6S/c1-4-21-17-34(21,28(50)47-54(51,52)25-13-14-25)45-27(49)32(2,3)18-40-26(48)20-5-11-24(12-6-20)41-29-42-30(44-31(43-29)53-19-35(37,38)39)46-33(15-16-33)22-7-9-23(36)10-8-22/h4-12,21,25H,1,13-19H2,2-3H3,(H,40,48)(H,45,49)(H,47,50)(H2,41,42,43,44,46)/t21-,34-/m1/s1. The van der Waals surface area contributed by atoms with E-state index in [0.717, 1.165) is 5.56 Å². The Morgan fingerprint density at radius 1 is 1.00 bits per heavy atom. The molecule has 3 saturated carbocycles. The molecule has 19 heteroatoms. The Balaban J connectivity index is 1.08. The van der Waals surface area contributed by atoms with Crippen LogP contribution >= 0.6 is 11.6 Å². The first-order chi connectivity index (χ1) is 25.3. The quantitative estimate of drug-likeness (QED) is 0.126. The van der Waals surface area contributed by atoms with Crippen molar-refractivity contribution in [2.45, 2.75) is 68.5 Å². The number of carbonyl (C=O) groups excluding carboxylic acids is 3. The number of alkyl halides is 3. The number of anilines is 3. The third-order valence-corrected chi connectivity index (χ3v) is 11.5. The summed E-state index contributed by atoms with van der Waals surface area (Å²) >= 11 is 6.03. The Labute approximate surface area is 314 Å². The van der Waals surface area contributed by atoms with Crippen LogP contribution < -0.4 is 30.7 Å². The fourth-order valence-corrected chi connectivity index (χ4v) is 7.17. The molecule has 6 rings (SSSR count). The van der Waals surface area contributed by atoms with Crippen LogP contribution in [-0.2, 0) is 25.2 Å². The van der Waals surface area contributed by atoms with Crippen molar-refractivity contribution in [3.05, 3.63) is 77.3 Å². The minimum absolute atomic E-state index is 0.0173. The molecule has 1 heterocycles. The van der Waals surface area contributed by atoms with Crippen molar-refractivity contribution in [3.63, 3.8) is 0 Å². The number of nitrogens with zero attached hydrogens (tertiary/aromatic N) is 3. The van der Waals surface area contributed by atoms with Gasteiger partial charge in [-0.15, -0.1) is 6.58 Å². The van der Waals surface area contributed by atoms with E-state index in [9.17, 15) is 36.0 Å². The van der Waals surface area contributed by atoms with E-state index >= 15 is 0 Å². The smallest absolute Gasteiger partial charge is 0.422 e. The van der Waals surface area contributed by atoms with E-state index in [2.05, 4.69) is 47.5 Å². The van der Waals surface area contributed by atoms with Gasteiger partial charge >= 0.3 is 12.2 Å². The lowest BCUT2D eigenvalue weighted by molar-refractivity contribution is -0.154. The molecule has 3 fully saturated rings. The minimum atomic E-state index is -4.63. The number of sulfonamides is 1. The number of nitrogens with one attached hydrogen (secondary N) is 5. The van der Waals surface area contributed by atoms with E-state index in [4.69, 9.17) is 16.3 Å². The lowest BCUT2D eigenvalue weighted by Gasteiger charge is -2.27. The predicted octanol–water partition coefficient (Wildman–Crippen LogP) is 4.74. The first-order valence-electron chi connectivity index (χ1n) is 17.0. The van der Waals surface area contributed by atoms with Crippen molar-refractivity contribution in [2.75, 3.05) is 23.8 Å². The van der Waals surface area contributed by atoms with Gasteiger partial charge in [0.05, 0.1) is 16.2 Å². The van der Waals surface area contributed by atoms with Crippen molar-refractivity contribution in [3.8, 4) is 6.01 Å². The number of rotatable bonds is 16. The summed E-state index contributed by atoms with van der Waals surface area (Å²) in [5.41, 5.74) is -1.71. The second-order valence-electron chi connectivity index (χ2n) is 14.3. The molecule has 0 saturated heterocycles. The average Bonchev–Trinajstić information content (AvgIpc) is 3.98. The van der Waals surface area contributed by atoms with Gasteiger partial charge in [0.2, 0.25) is 27.8 Å². The number of benzene rings is 2. The summed E-state index contributed by atoms with van der Waals surface area (Å²) in [6, 6.07) is 12.6. The largest absolute Gasteiger partial charge is 0.454 e. The Bertz CT molecular complexity index is 2060. The van der Waals surface area contributed by atoms with Crippen molar-refractivity contribution in [2.24, 2.45) is 11.3 Å². The van der Waals surface area contributed by atoms with E-state index in [-0.39, 0.29) is 30.4 Å². The molecule has 54 heavy (non-hydrogen) atoms. The molecule has 3 amide bonds. The summed E-state index contributed by atoms with van der Waals surface area (Å²) in [6.45, 7) is 5.08. The lowest BCUT2D eigenvalue weighted by atomic mass is 9.91. The molecule has 0 unspecified atom stereocenters. The number of carbonyl (C=O) groups is 3. The van der Waals surface area contributed by atoms with Crippen LogP contribution in [0.5, 0.6) is 6.01 Å². The summed E-state index contributed by atoms with van der Waals surface area (Å²) < 4.78 is 70.6. The van der Waals surface area contributed by atoms with Crippen LogP contribution in [0.2, 0.25) is 5.02 Å². The highest BCUT2D eigenvalue weighted by molar-refractivity contribution is 7.91. The van der Waals surface area contributed by atoms with E-state index in [1.807, 2.05) is 12.1 Å². The topological polar surface area (TPSA) is 193 Å². The number of hydrogen-bond donors (Lipinski definition) is 5. The highest BCUT2D eigenvalue weighted by atomic mass is 35.5. The van der Waals surface area contributed by atoms with Gasteiger partial charge in [-0.2, -0.15) is 28.1 Å². The van der Waals surface area contributed by atoms with E-state index < -0.39 is 74.2 Å². The van der Waals surface area contributed by atoms with Crippen LogP contribution in [0, 0.1) is 11.3 Å². The van der Waals surface area contributed by atoms with Gasteiger partial charge in [0.1, 0.15) is 5.54 Å². The van der Waals surface area contributed by atoms with Gasteiger partial charge in [-0.3, -0.25) is 19.1 Å². The Kier molecular flexibility index (Phi) is 10.3. The fourth-order valence-electron chi connectivity index (χ4n) is 5.68. The molecule has 0 radical (unpaired) electrons. The van der Waals surface area contributed by atoms with Crippen LogP contribution in [0.3, 0.4) is 0 Å². The third kappa shape index (κ3) is 9.03. The predicted molar refractivity (Wildman–Crippen MR) is 192 cm³/mol. The summed E-state index contributed by atoms with van der Waals surface area (Å²) in [6.07, 6.45) is -0.593. The fraction of sp³-hybridized carbons (Fsp3) is 0.429. The first-order valence-corrected chi connectivity index (χ1v) is 18.9. The van der Waals surface area contributed by atoms with Crippen LogP contribution in [-0.4, -0.2) is 71.2 Å². The summed E-state index contributed by atoms with van der Waals surface area (Å²) in [5, 5.41) is 11.4. The van der Waals surface area contributed by atoms with Gasteiger partial charge in [0.25, 0.3) is 11.8 Å². The molecule has 14 nitrogen and oxygen atoms in total. The Morgan fingerprint density at radius 3 is 2.22 bits per heavy atom. The van der Waals surface area contributed by atoms with Gasteiger partial charge in [-0.05, 0) is 87.9 Å². The molecule has 0 bridgehead atoms. The SMILES string of the molecule is C=C[C@@H]1C[C@]1(NC(=O)C(C)(C)CNC(=O)c1ccc(Nc2nc(NC3(c4ccc(Cl)cc4)CC3)nc(OCC(F)(F)F)n2)cc1)C(=O)NS(=O)(=O)C1CC1. The average molecular weight is 791 g/mol. The molecule has 3 aliphatic rings. The highest BCUT2D eigenvalue weighted by Crippen LogP contribution is 2.48. The van der Waals surface area contributed by atoms with Crippen LogP contribution in [0.1, 0.15) is 61.9 Å². The van der Waals surface area contributed by atoms with Gasteiger partial charge in [0.15, 0.2) is 6.61 Å². The van der Waals surface area contributed by atoms with Gasteiger partial charge in [-0.25, -0.2) is 8.42 Å². The van der Waals surface area contributed by atoms with E-state index in [1.165, 1.54) is 30.3 Å². The number of amides is 3. The zero-order valence-electron chi connectivity index (χ0n) is 29.2. The molecule has 3 aromatic rings. The van der Waals surface area contributed by atoms with Crippen molar-refractivity contribution < 1.29 is 40.7 Å². The monoisotopic (exact) mass is 790 g/mol. The van der Waals surface area contributed by atoms with Crippen molar-refractivity contribution in [1.29, 1.82) is 0 Å². The van der Waals surface area contributed by atoms with Gasteiger partial charge in [0, 0.05) is 28.7 Å². The molecular formula is C35H38ClF3N8O6S. The molecule has 2 aromatic carbocycles. The molecule has 5 N–H and O–H groups in total. The van der Waals surface area contributed by atoms with Gasteiger partial charge in [-0.1, -0.05) is 29.8 Å².